The average Bonchev–Trinajstić information content (AvgIpc) is 3.20. The lowest BCUT2D eigenvalue weighted by atomic mass is 10.2. The molecule has 0 atom stereocenters. The second kappa shape index (κ2) is 10.2. The molecule has 0 bridgehead atoms. The lowest BCUT2D eigenvalue weighted by Gasteiger charge is -2.33. The number of hydrogen-bond donors (Lipinski definition) is 0. The van der Waals surface area contributed by atoms with Crippen LogP contribution < -0.4 is 0 Å². The highest BCUT2D eigenvalue weighted by Gasteiger charge is 2.30. The number of esters is 1. The molecular weight excluding hydrogens is 492 g/mol. The summed E-state index contributed by atoms with van der Waals surface area (Å²) in [5.41, 5.74) is 3.01. The molecule has 0 N–H and O–H groups in total. The molecule has 0 saturated carbocycles. The normalized spacial score (nSPS) is 14.7. The molecule has 0 unspecified atom stereocenters. The summed E-state index contributed by atoms with van der Waals surface area (Å²) in [6.45, 7) is 4.16. The molecule has 0 aliphatic carbocycles. The van der Waals surface area contributed by atoms with E-state index in [-0.39, 0.29) is 37.0 Å². The number of benzene rings is 2. The lowest BCUT2D eigenvalue weighted by molar-refractivity contribution is -0.135. The molecule has 4 rings (SSSR count). The monoisotopic (exact) mass is 516 g/mol. The van der Waals surface area contributed by atoms with Gasteiger partial charge in [-0.25, -0.2) is 17.9 Å². The van der Waals surface area contributed by atoms with E-state index in [1.165, 1.54) is 33.5 Å². The second-order valence-electron chi connectivity index (χ2n) is 8.20. The van der Waals surface area contributed by atoms with Crippen molar-refractivity contribution in [3.8, 4) is 5.69 Å². The van der Waals surface area contributed by atoms with Gasteiger partial charge in [-0.2, -0.15) is 9.40 Å². The van der Waals surface area contributed by atoms with Crippen LogP contribution in [0.5, 0.6) is 0 Å². The van der Waals surface area contributed by atoms with Crippen LogP contribution in [0.4, 0.5) is 0 Å². The number of piperazine rings is 1. The van der Waals surface area contributed by atoms with Gasteiger partial charge in [-0.05, 0) is 68.4 Å². The maximum Gasteiger partial charge on any atom is 0.338 e. The van der Waals surface area contributed by atoms with Crippen LogP contribution in [0.15, 0.2) is 59.5 Å². The summed E-state index contributed by atoms with van der Waals surface area (Å²) in [6, 6.07) is 14.7. The van der Waals surface area contributed by atoms with Crippen LogP contribution in [0.2, 0.25) is 5.02 Å². The van der Waals surface area contributed by atoms with E-state index >= 15 is 0 Å². The van der Waals surface area contributed by atoms with Gasteiger partial charge in [0.2, 0.25) is 10.0 Å². The Morgan fingerprint density at radius 3 is 2.17 bits per heavy atom. The van der Waals surface area contributed by atoms with Crippen molar-refractivity contribution in [3.63, 3.8) is 0 Å². The largest absolute Gasteiger partial charge is 0.452 e. The van der Waals surface area contributed by atoms with E-state index in [4.69, 9.17) is 16.3 Å². The highest BCUT2D eigenvalue weighted by atomic mass is 35.5. The fourth-order valence-corrected chi connectivity index (χ4v) is 5.41. The Labute approximate surface area is 208 Å². The van der Waals surface area contributed by atoms with Gasteiger partial charge < -0.3 is 9.64 Å². The number of rotatable bonds is 6. The summed E-state index contributed by atoms with van der Waals surface area (Å²) in [5.74, 6) is -0.983. The molecule has 11 heteroatoms. The minimum atomic E-state index is -3.67. The number of carbonyl (C=O) groups is 2. The van der Waals surface area contributed by atoms with Crippen molar-refractivity contribution in [2.75, 3.05) is 32.8 Å². The number of ether oxygens (including phenoxy) is 1. The summed E-state index contributed by atoms with van der Waals surface area (Å²) in [5, 5.41) is 4.86. The molecule has 1 fully saturated rings. The molecule has 2 aromatic carbocycles. The molecule has 1 aliphatic rings. The van der Waals surface area contributed by atoms with Crippen molar-refractivity contribution in [3.05, 3.63) is 76.6 Å². The van der Waals surface area contributed by atoms with Gasteiger partial charge in [-0.3, -0.25) is 4.79 Å². The van der Waals surface area contributed by atoms with Crippen LogP contribution >= 0.6 is 11.6 Å². The lowest BCUT2D eigenvalue weighted by Crippen LogP contribution is -2.51. The first-order chi connectivity index (χ1) is 16.6. The van der Waals surface area contributed by atoms with Crippen LogP contribution in [0.25, 0.3) is 5.69 Å². The zero-order chi connectivity index (χ0) is 25.2. The Morgan fingerprint density at radius 1 is 0.971 bits per heavy atom. The van der Waals surface area contributed by atoms with E-state index in [0.29, 0.717) is 10.6 Å². The van der Waals surface area contributed by atoms with Crippen LogP contribution in [-0.2, 0) is 19.6 Å². The first-order valence-corrected chi connectivity index (χ1v) is 12.8. The zero-order valence-electron chi connectivity index (χ0n) is 19.3. The molecule has 184 valence electrons. The molecule has 0 radical (unpaired) electrons. The van der Waals surface area contributed by atoms with Crippen LogP contribution in [0.3, 0.4) is 0 Å². The van der Waals surface area contributed by atoms with Gasteiger partial charge in [0.15, 0.2) is 6.61 Å². The van der Waals surface area contributed by atoms with E-state index in [9.17, 15) is 18.0 Å². The highest BCUT2D eigenvalue weighted by Crippen LogP contribution is 2.20. The minimum absolute atomic E-state index is 0.151. The topological polar surface area (TPSA) is 102 Å². The fraction of sp³-hybridized carbons (Fsp3) is 0.292. The Hall–Kier alpha value is -3.21. The summed E-state index contributed by atoms with van der Waals surface area (Å²) in [7, 11) is -3.67. The van der Waals surface area contributed by atoms with Gasteiger partial charge in [-0.15, -0.1) is 0 Å². The molecule has 0 spiro atoms. The molecule has 1 aliphatic heterocycles. The second-order valence-corrected chi connectivity index (χ2v) is 10.6. The van der Waals surface area contributed by atoms with Crippen LogP contribution in [0, 0.1) is 13.8 Å². The van der Waals surface area contributed by atoms with E-state index < -0.39 is 22.6 Å². The van der Waals surface area contributed by atoms with Crippen molar-refractivity contribution in [2.24, 2.45) is 0 Å². The van der Waals surface area contributed by atoms with Crippen molar-refractivity contribution >= 4 is 33.5 Å². The number of hydrogen-bond acceptors (Lipinski definition) is 6. The van der Waals surface area contributed by atoms with E-state index in [1.807, 2.05) is 19.9 Å². The SMILES string of the molecule is Cc1cc(C)n(-c2ccc(C(=O)OCC(=O)N3CCN(S(=O)(=O)c4ccc(Cl)cc4)CC3)cc2)n1. The molecule has 1 aromatic heterocycles. The molecule has 1 amide bonds. The number of sulfonamides is 1. The maximum atomic E-state index is 12.8. The van der Waals surface area contributed by atoms with Crippen molar-refractivity contribution in [2.45, 2.75) is 18.7 Å². The van der Waals surface area contributed by atoms with Crippen LogP contribution in [-0.4, -0.2) is 72.1 Å². The van der Waals surface area contributed by atoms with Gasteiger partial charge in [-0.1, -0.05) is 11.6 Å². The molecule has 1 saturated heterocycles. The van der Waals surface area contributed by atoms with Gasteiger partial charge in [0.25, 0.3) is 5.91 Å². The number of aryl methyl sites for hydroxylation is 2. The molecule has 3 aromatic rings. The third-order valence-electron chi connectivity index (χ3n) is 5.73. The Morgan fingerprint density at radius 2 is 1.60 bits per heavy atom. The Balaban J connectivity index is 1.29. The molecular formula is C24H25ClN4O5S. The maximum absolute atomic E-state index is 12.8. The molecule has 2 heterocycles. The third kappa shape index (κ3) is 5.55. The van der Waals surface area contributed by atoms with Crippen molar-refractivity contribution in [1.29, 1.82) is 0 Å². The predicted octanol–water partition coefficient (Wildman–Crippen LogP) is 2.83. The number of amides is 1. The number of halogens is 1. The van der Waals surface area contributed by atoms with Gasteiger partial charge in [0.1, 0.15) is 0 Å². The quantitative estimate of drug-likeness (QED) is 0.467. The highest BCUT2D eigenvalue weighted by molar-refractivity contribution is 7.89. The van der Waals surface area contributed by atoms with Gasteiger partial charge >= 0.3 is 5.97 Å². The van der Waals surface area contributed by atoms with Gasteiger partial charge in [0.05, 0.1) is 21.8 Å². The van der Waals surface area contributed by atoms with E-state index in [1.54, 1.807) is 28.9 Å². The summed E-state index contributed by atoms with van der Waals surface area (Å²) < 4.78 is 33.9. The predicted molar refractivity (Wildman–Crippen MR) is 130 cm³/mol. The zero-order valence-corrected chi connectivity index (χ0v) is 20.9. The fourth-order valence-electron chi connectivity index (χ4n) is 3.86. The summed E-state index contributed by atoms with van der Waals surface area (Å²) in [4.78, 5) is 26.6. The first-order valence-electron chi connectivity index (χ1n) is 11.0. The third-order valence-corrected chi connectivity index (χ3v) is 7.89. The minimum Gasteiger partial charge on any atom is -0.452 e. The van der Waals surface area contributed by atoms with Gasteiger partial charge in [0, 0.05) is 36.9 Å². The number of carbonyl (C=O) groups excluding carboxylic acids is 2. The molecule has 35 heavy (non-hydrogen) atoms. The Bertz CT molecular complexity index is 1330. The average molecular weight is 517 g/mol. The van der Waals surface area contributed by atoms with Crippen LogP contribution in [0.1, 0.15) is 21.7 Å². The summed E-state index contributed by atoms with van der Waals surface area (Å²) in [6.07, 6.45) is 0. The summed E-state index contributed by atoms with van der Waals surface area (Å²) >= 11 is 5.84. The van der Waals surface area contributed by atoms with E-state index in [0.717, 1.165) is 17.1 Å². The Kier molecular flexibility index (Phi) is 7.25. The van der Waals surface area contributed by atoms with Crippen molar-refractivity contribution < 1.29 is 22.7 Å². The standard InChI is InChI=1S/C24H25ClN4O5S/c1-17-15-18(2)29(26-17)21-7-3-19(4-8-21)24(31)34-16-23(30)27-11-13-28(14-12-27)35(32,33)22-9-5-20(25)6-10-22/h3-10,15H,11-14,16H2,1-2H3. The first kappa shape index (κ1) is 24.9. The number of nitrogens with zero attached hydrogens (tertiary/aromatic N) is 4. The number of aromatic nitrogens is 2. The molecule has 9 nitrogen and oxygen atoms in total. The smallest absolute Gasteiger partial charge is 0.338 e. The van der Waals surface area contributed by atoms with Crippen molar-refractivity contribution in [1.82, 2.24) is 19.0 Å². The van der Waals surface area contributed by atoms with E-state index in [2.05, 4.69) is 5.10 Å².